The third-order valence-corrected chi connectivity index (χ3v) is 5.21. The van der Waals surface area contributed by atoms with Crippen LogP contribution in [0.15, 0.2) is 22.0 Å². The van der Waals surface area contributed by atoms with E-state index >= 15 is 0 Å². The van der Waals surface area contributed by atoms with Crippen molar-refractivity contribution in [3.05, 3.63) is 49.1 Å². The number of methoxy groups -OCH3 is 1. The van der Waals surface area contributed by atoms with E-state index in [2.05, 4.69) is 22.9 Å². The Bertz CT molecular complexity index is 659. The molecule has 0 bridgehead atoms. The van der Waals surface area contributed by atoms with E-state index in [-0.39, 0.29) is 5.78 Å². The normalized spacial score (nSPS) is 10.7. The van der Waals surface area contributed by atoms with Gasteiger partial charge >= 0.3 is 0 Å². The summed E-state index contributed by atoms with van der Waals surface area (Å²) < 4.78 is 6.41. The van der Waals surface area contributed by atoms with Crippen LogP contribution in [0.2, 0.25) is 0 Å². The molecule has 1 aromatic heterocycles. The van der Waals surface area contributed by atoms with Crippen LogP contribution in [0.5, 0.6) is 5.75 Å². The van der Waals surface area contributed by atoms with Gasteiger partial charge in [-0.25, -0.2) is 0 Å². The van der Waals surface area contributed by atoms with Crippen molar-refractivity contribution in [2.45, 2.75) is 27.2 Å². The Balaban J connectivity index is 2.66. The van der Waals surface area contributed by atoms with E-state index in [1.807, 2.05) is 31.4 Å². The lowest BCUT2D eigenvalue weighted by atomic mass is 9.97. The van der Waals surface area contributed by atoms with E-state index in [0.29, 0.717) is 11.3 Å². The number of ketones is 1. The molecule has 1 heterocycles. The average molecular weight is 353 g/mol. The molecule has 0 unspecified atom stereocenters. The third-order valence-electron chi connectivity index (χ3n) is 3.43. The Morgan fingerprint density at radius 2 is 2.10 bits per heavy atom. The number of thiophene rings is 1. The molecule has 0 fully saturated rings. The van der Waals surface area contributed by atoms with Crippen LogP contribution < -0.4 is 4.74 Å². The highest BCUT2D eigenvalue weighted by atomic mass is 79.9. The first-order chi connectivity index (χ1) is 9.51. The summed E-state index contributed by atoms with van der Waals surface area (Å²) in [6.45, 7) is 5.96. The number of hydrogen-bond donors (Lipinski definition) is 0. The fraction of sp³-hybridized carbons (Fsp3) is 0.312. The standard InChI is InChI=1S/C16H17BrO2S/c1-5-11-6-7-20-16(11)14(18)13-10(3)12(17)8-9(2)15(13)19-4/h6-8H,5H2,1-4H3. The topological polar surface area (TPSA) is 26.3 Å². The Morgan fingerprint density at radius 3 is 2.70 bits per heavy atom. The SMILES string of the molecule is CCc1ccsc1C(=O)c1c(C)c(Br)cc(C)c1OC. The number of halogens is 1. The quantitative estimate of drug-likeness (QED) is 0.729. The highest BCUT2D eigenvalue weighted by Crippen LogP contribution is 2.35. The van der Waals surface area contributed by atoms with Crippen LogP contribution >= 0.6 is 27.3 Å². The molecule has 0 aliphatic rings. The molecule has 2 nitrogen and oxygen atoms in total. The maximum atomic E-state index is 12.9. The number of rotatable bonds is 4. The molecule has 0 saturated carbocycles. The number of carbonyl (C=O) groups excluding carboxylic acids is 1. The van der Waals surface area contributed by atoms with Gasteiger partial charge in [-0.1, -0.05) is 22.9 Å². The largest absolute Gasteiger partial charge is 0.496 e. The van der Waals surface area contributed by atoms with Crippen molar-refractivity contribution < 1.29 is 9.53 Å². The first-order valence-corrected chi connectivity index (χ1v) is 8.13. The zero-order valence-electron chi connectivity index (χ0n) is 12.0. The van der Waals surface area contributed by atoms with Gasteiger partial charge in [0, 0.05) is 4.47 Å². The highest BCUT2D eigenvalue weighted by molar-refractivity contribution is 9.10. The molecule has 2 rings (SSSR count). The molecule has 2 aromatic rings. The molecular weight excluding hydrogens is 336 g/mol. The molecule has 1 aromatic carbocycles. The highest BCUT2D eigenvalue weighted by Gasteiger charge is 2.23. The maximum Gasteiger partial charge on any atom is 0.207 e. The second-order valence-corrected chi connectivity index (χ2v) is 6.44. The van der Waals surface area contributed by atoms with Gasteiger partial charge in [0.15, 0.2) is 0 Å². The van der Waals surface area contributed by atoms with Crippen LogP contribution in [0, 0.1) is 13.8 Å². The maximum absolute atomic E-state index is 12.9. The minimum atomic E-state index is 0.0515. The molecule has 20 heavy (non-hydrogen) atoms. The van der Waals surface area contributed by atoms with Crippen LogP contribution in [0.1, 0.15) is 38.8 Å². The minimum Gasteiger partial charge on any atom is -0.496 e. The van der Waals surface area contributed by atoms with Crippen molar-refractivity contribution in [2.24, 2.45) is 0 Å². The molecule has 0 N–H and O–H groups in total. The molecule has 0 saturated heterocycles. The fourth-order valence-electron chi connectivity index (χ4n) is 2.31. The molecule has 0 atom stereocenters. The minimum absolute atomic E-state index is 0.0515. The van der Waals surface area contributed by atoms with Crippen molar-refractivity contribution >= 4 is 33.0 Å². The lowest BCUT2D eigenvalue weighted by molar-refractivity contribution is 0.103. The Labute approximate surface area is 131 Å². The number of ether oxygens (including phenoxy) is 1. The summed E-state index contributed by atoms with van der Waals surface area (Å²) in [5.41, 5.74) is 3.64. The van der Waals surface area contributed by atoms with Crippen LogP contribution in [-0.4, -0.2) is 12.9 Å². The summed E-state index contributed by atoms with van der Waals surface area (Å²) in [5, 5.41) is 1.97. The van der Waals surface area contributed by atoms with Crippen LogP contribution in [0.4, 0.5) is 0 Å². The van der Waals surface area contributed by atoms with Gasteiger partial charge in [0.25, 0.3) is 0 Å². The number of carbonyl (C=O) groups is 1. The molecular formula is C16H17BrO2S. The van der Waals surface area contributed by atoms with E-state index in [1.54, 1.807) is 7.11 Å². The van der Waals surface area contributed by atoms with Gasteiger partial charge in [0.1, 0.15) is 5.75 Å². The molecule has 0 aliphatic heterocycles. The van der Waals surface area contributed by atoms with Crippen molar-refractivity contribution in [3.8, 4) is 5.75 Å². The van der Waals surface area contributed by atoms with E-state index in [4.69, 9.17) is 4.74 Å². The van der Waals surface area contributed by atoms with E-state index in [9.17, 15) is 4.79 Å². The zero-order valence-corrected chi connectivity index (χ0v) is 14.4. The van der Waals surface area contributed by atoms with Crippen molar-refractivity contribution in [1.29, 1.82) is 0 Å². The fourth-order valence-corrected chi connectivity index (χ4v) is 3.80. The van der Waals surface area contributed by atoms with Crippen LogP contribution in [-0.2, 0) is 6.42 Å². The summed E-state index contributed by atoms with van der Waals surface area (Å²) in [6.07, 6.45) is 0.860. The number of benzene rings is 1. The summed E-state index contributed by atoms with van der Waals surface area (Å²) >= 11 is 5.02. The van der Waals surface area contributed by atoms with Crippen molar-refractivity contribution in [2.75, 3.05) is 7.11 Å². The van der Waals surface area contributed by atoms with Gasteiger partial charge in [-0.05, 0) is 54.5 Å². The third kappa shape index (κ3) is 2.54. The second kappa shape index (κ2) is 6.10. The van der Waals surface area contributed by atoms with Crippen LogP contribution in [0.25, 0.3) is 0 Å². The average Bonchev–Trinajstić information content (AvgIpc) is 2.90. The Kier molecular flexibility index (Phi) is 4.66. The molecule has 0 radical (unpaired) electrons. The molecule has 0 amide bonds. The zero-order chi connectivity index (χ0) is 14.9. The molecule has 0 aliphatic carbocycles. The van der Waals surface area contributed by atoms with Crippen molar-refractivity contribution in [1.82, 2.24) is 0 Å². The van der Waals surface area contributed by atoms with Gasteiger partial charge in [0.2, 0.25) is 5.78 Å². The molecule has 0 spiro atoms. The van der Waals surface area contributed by atoms with Gasteiger partial charge < -0.3 is 4.74 Å². The second-order valence-electron chi connectivity index (χ2n) is 4.67. The van der Waals surface area contributed by atoms with E-state index in [0.717, 1.165) is 32.5 Å². The summed E-state index contributed by atoms with van der Waals surface area (Å²) in [6, 6.07) is 4.00. The van der Waals surface area contributed by atoms with Gasteiger partial charge in [-0.2, -0.15) is 0 Å². The number of aryl methyl sites for hydroxylation is 2. The van der Waals surface area contributed by atoms with Crippen molar-refractivity contribution in [3.63, 3.8) is 0 Å². The van der Waals surface area contributed by atoms with Gasteiger partial charge in [-0.3, -0.25) is 4.79 Å². The Morgan fingerprint density at radius 1 is 1.40 bits per heavy atom. The van der Waals surface area contributed by atoms with E-state index < -0.39 is 0 Å². The molecule has 106 valence electrons. The summed E-state index contributed by atoms with van der Waals surface area (Å²) in [5.74, 6) is 0.724. The van der Waals surface area contributed by atoms with Gasteiger partial charge in [0.05, 0.1) is 17.6 Å². The summed E-state index contributed by atoms with van der Waals surface area (Å²) in [7, 11) is 1.61. The first-order valence-electron chi connectivity index (χ1n) is 6.46. The number of hydrogen-bond acceptors (Lipinski definition) is 3. The first kappa shape index (κ1) is 15.3. The molecule has 4 heteroatoms. The predicted octanol–water partition coefficient (Wildman–Crippen LogP) is 4.93. The smallest absolute Gasteiger partial charge is 0.207 e. The summed E-state index contributed by atoms with van der Waals surface area (Å²) in [4.78, 5) is 13.7. The van der Waals surface area contributed by atoms with Gasteiger partial charge in [-0.15, -0.1) is 11.3 Å². The predicted molar refractivity (Wildman–Crippen MR) is 87.3 cm³/mol. The van der Waals surface area contributed by atoms with Crippen LogP contribution in [0.3, 0.4) is 0 Å². The Hall–Kier alpha value is -1.13. The lowest BCUT2D eigenvalue weighted by Crippen LogP contribution is -2.08. The lowest BCUT2D eigenvalue weighted by Gasteiger charge is -2.15. The van der Waals surface area contributed by atoms with E-state index in [1.165, 1.54) is 11.3 Å². The monoisotopic (exact) mass is 352 g/mol.